The Morgan fingerprint density at radius 3 is 1.80 bits per heavy atom. The number of amides is 12. The minimum Gasteiger partial charge on any atom is -0.508 e. The number of carbonyl (C=O) groups excluding carboxylic acids is 13. The molecule has 14 N–H and O–H groups in total. The molecule has 0 aromatic heterocycles. The highest BCUT2D eigenvalue weighted by Gasteiger charge is 2.42. The molecule has 1 fully saturated rings. The number of likely N-dealkylation sites (tertiary alicyclic amines) is 1. The first kappa shape index (κ1) is 85.2. The number of carboxylic acid groups (broad SMARTS) is 1. The molecule has 1 heterocycles. The Labute approximate surface area is 603 Å². The Morgan fingerprint density at radius 1 is 0.650 bits per heavy atom. The number of hydrogen-bond acceptors (Lipinski definition) is 19. The van der Waals surface area contributed by atoms with Crippen LogP contribution in [0.3, 0.4) is 0 Å². The SMILES string of the molecule is CN[C@@H](CC(=O)O)C(=O)NC(C(=O)N(C)[C@@H](CO)C(=O)NCC(=O)N[C@@H](CCCN=C(N)N)C(=O)N(C)[C@@H](Cc1ccccc1)C(=O)N(C)CC(=O)N[C@@H](Cc1ccc(O)cc1)C(=O)N(C)[C@@H](Cc1ccccc1)C(=O)N1CCC[C@H]1C(=O)NCCSCC(=O)NCC(=O)N(C)[C@@H](C)C=O)C(C)C. The molecule has 1 aliphatic heterocycles. The van der Waals surface area contributed by atoms with Gasteiger partial charge in [0.05, 0.1) is 50.5 Å². The summed E-state index contributed by atoms with van der Waals surface area (Å²) < 4.78 is 0. The van der Waals surface area contributed by atoms with Crippen molar-refractivity contribution in [1.82, 2.24) is 66.6 Å². The Kier molecular flexibility index (Phi) is 35.5. The molecule has 1 unspecified atom stereocenters. The highest BCUT2D eigenvalue weighted by molar-refractivity contribution is 7.99. The van der Waals surface area contributed by atoms with E-state index >= 15 is 9.59 Å². The lowest BCUT2D eigenvalue weighted by Crippen LogP contribution is -2.59. The number of rotatable bonds is 42. The molecule has 0 radical (unpaired) electrons. The van der Waals surface area contributed by atoms with Crippen molar-refractivity contribution in [2.75, 3.05) is 99.7 Å². The van der Waals surface area contributed by atoms with Gasteiger partial charge in [0.1, 0.15) is 54.3 Å². The number of aliphatic hydroxyl groups excluding tert-OH is 1. The molecule has 0 spiro atoms. The van der Waals surface area contributed by atoms with Crippen LogP contribution in [-0.2, 0) is 86.4 Å². The predicted molar refractivity (Wildman–Crippen MR) is 382 cm³/mol. The van der Waals surface area contributed by atoms with Crippen LogP contribution < -0.4 is 48.7 Å². The van der Waals surface area contributed by atoms with Crippen molar-refractivity contribution in [3.8, 4) is 5.75 Å². The summed E-state index contributed by atoms with van der Waals surface area (Å²) in [4.78, 5) is 201. The molecule has 564 valence electrons. The highest BCUT2D eigenvalue weighted by atomic mass is 32.2. The number of thioether (sulfide) groups is 1. The molecule has 0 saturated carbocycles. The van der Waals surface area contributed by atoms with Gasteiger partial charge in [0.15, 0.2) is 5.96 Å². The summed E-state index contributed by atoms with van der Waals surface area (Å²) in [6.45, 7) is 2.30. The monoisotopic (exact) mass is 1460 g/mol. The number of phenols is 1. The standard InChI is InChI=1S/C69H100N16O17S/c1-42(2)60(79-61(95)49(72-4)35-59(93)94)68(102)84(9)54(40-87)63(97)76-36-55(89)77-48(22-16-28-74-69(70)71)64(98)82(7)52(33-44-18-12-10-13-19-44)66(100)80(5)38-56(90)78-50(32-46-24-26-47(88)27-25-46)65(99)83(8)53(34-45-20-14-11-15-21-45)67(101)85-30-17-23-51(85)62(96)73-29-31-103-41-57(91)75-37-58(92)81(6)43(3)39-86/h10-15,18-21,24-27,39,42-43,48-54,60,72,87-88H,16-17,22-23,28-38,40-41H2,1-9H3,(H,73,96)(H,75,91)(H,76,97)(H,77,89)(H,78,90)(H,79,95)(H,93,94)(H4,70,71,74)/t43-,48-,49-,50-,51-,52-,53-,54-,60?/m0/s1. The average molecular weight is 1460 g/mol. The van der Waals surface area contributed by atoms with Gasteiger partial charge < -0.3 is 98.2 Å². The predicted octanol–water partition coefficient (Wildman–Crippen LogP) is -3.30. The molecule has 9 atom stereocenters. The lowest BCUT2D eigenvalue weighted by Gasteiger charge is -2.35. The molecule has 3 aromatic carbocycles. The normalized spacial score (nSPS) is 14.8. The van der Waals surface area contributed by atoms with Crippen molar-refractivity contribution >= 4 is 101 Å². The fourth-order valence-electron chi connectivity index (χ4n) is 11.1. The van der Waals surface area contributed by atoms with E-state index in [1.54, 1.807) is 93.6 Å². The van der Waals surface area contributed by atoms with Crippen LogP contribution in [0.25, 0.3) is 0 Å². The molecular weight excluding hydrogens is 1360 g/mol. The van der Waals surface area contributed by atoms with Crippen LogP contribution in [0.2, 0.25) is 0 Å². The summed E-state index contributed by atoms with van der Waals surface area (Å²) in [5, 5.41) is 48.0. The van der Waals surface area contributed by atoms with Crippen LogP contribution in [-0.4, -0.2) is 288 Å². The van der Waals surface area contributed by atoms with Crippen molar-refractivity contribution in [1.29, 1.82) is 0 Å². The summed E-state index contributed by atoms with van der Waals surface area (Å²) in [6, 6.07) is 12.2. The fraction of sp³-hybridized carbons (Fsp3) is 0.522. The molecule has 12 amide bonds. The third-order valence-corrected chi connectivity index (χ3v) is 18.3. The number of carboxylic acids is 1. The number of nitrogens with two attached hydrogens (primary N) is 2. The van der Waals surface area contributed by atoms with Crippen molar-refractivity contribution < 1.29 is 82.4 Å². The zero-order chi connectivity index (χ0) is 76.6. The van der Waals surface area contributed by atoms with Gasteiger partial charge >= 0.3 is 5.97 Å². The third kappa shape index (κ3) is 27.2. The average Bonchev–Trinajstić information content (AvgIpc) is 1.79. The summed E-state index contributed by atoms with van der Waals surface area (Å²) in [7, 11) is 8.04. The number of aliphatic imine (C=N–C) groups is 1. The third-order valence-electron chi connectivity index (χ3n) is 17.3. The second-order valence-corrected chi connectivity index (χ2v) is 26.4. The van der Waals surface area contributed by atoms with Crippen molar-refractivity contribution in [3.05, 3.63) is 102 Å². The van der Waals surface area contributed by atoms with Crippen LogP contribution in [0.4, 0.5) is 0 Å². The molecule has 103 heavy (non-hydrogen) atoms. The number of aromatic hydroxyl groups is 1. The van der Waals surface area contributed by atoms with E-state index < -0.39 is 163 Å². The second kappa shape index (κ2) is 42.9. The number of nitrogens with one attached hydrogen (secondary N) is 7. The lowest BCUT2D eigenvalue weighted by molar-refractivity contribution is -0.149. The number of aldehydes is 1. The minimum absolute atomic E-state index is 0.00328. The first-order chi connectivity index (χ1) is 48.8. The number of aliphatic hydroxyl groups is 1. The van der Waals surface area contributed by atoms with E-state index in [9.17, 15) is 72.9 Å². The number of likely N-dealkylation sites (N-methyl/N-ethyl adjacent to an activating group) is 6. The van der Waals surface area contributed by atoms with Crippen LogP contribution in [0.5, 0.6) is 5.75 Å². The molecule has 34 heteroatoms. The van der Waals surface area contributed by atoms with E-state index in [2.05, 4.69) is 42.2 Å². The van der Waals surface area contributed by atoms with Gasteiger partial charge in [-0.1, -0.05) is 86.6 Å². The van der Waals surface area contributed by atoms with Gasteiger partial charge in [-0.25, -0.2) is 0 Å². The summed E-state index contributed by atoms with van der Waals surface area (Å²) in [6.07, 6.45) is 0.440. The van der Waals surface area contributed by atoms with Gasteiger partial charge in [0.25, 0.3) is 0 Å². The number of carbonyl (C=O) groups is 14. The van der Waals surface area contributed by atoms with E-state index in [1.807, 2.05) is 0 Å². The highest BCUT2D eigenvalue weighted by Crippen LogP contribution is 2.24. The summed E-state index contributed by atoms with van der Waals surface area (Å²) in [5.41, 5.74) is 12.9. The number of guanidine groups is 1. The summed E-state index contributed by atoms with van der Waals surface area (Å²) >= 11 is 1.20. The minimum atomic E-state index is -1.61. The van der Waals surface area contributed by atoms with E-state index in [-0.39, 0.29) is 75.7 Å². The van der Waals surface area contributed by atoms with Crippen LogP contribution in [0.1, 0.15) is 69.6 Å². The zero-order valence-electron chi connectivity index (χ0n) is 59.7. The molecule has 1 saturated heterocycles. The van der Waals surface area contributed by atoms with Gasteiger partial charge in [-0.15, -0.1) is 0 Å². The van der Waals surface area contributed by atoms with E-state index in [0.29, 0.717) is 41.6 Å². The summed E-state index contributed by atoms with van der Waals surface area (Å²) in [5.74, 6) is -10.5. The number of benzene rings is 3. The van der Waals surface area contributed by atoms with Gasteiger partial charge in [-0.2, -0.15) is 11.8 Å². The number of hydrogen-bond donors (Lipinski definition) is 12. The molecular formula is C69H100N16O17S. The largest absolute Gasteiger partial charge is 0.508 e. The quantitative estimate of drug-likeness (QED) is 0.0114. The first-order valence-corrected chi connectivity index (χ1v) is 34.8. The maximum atomic E-state index is 15.2. The Bertz CT molecular complexity index is 3420. The van der Waals surface area contributed by atoms with E-state index in [4.69, 9.17) is 11.5 Å². The molecule has 4 rings (SSSR count). The molecule has 3 aromatic rings. The molecule has 0 aliphatic carbocycles. The topological polar surface area (TPSA) is 468 Å². The zero-order valence-corrected chi connectivity index (χ0v) is 60.5. The fourth-order valence-corrected chi connectivity index (χ4v) is 11.8. The number of nitrogens with zero attached hydrogens (tertiary/aromatic N) is 7. The molecule has 33 nitrogen and oxygen atoms in total. The van der Waals surface area contributed by atoms with Gasteiger partial charge in [-0.05, 0) is 74.4 Å². The number of phenolic OH excluding ortho intramolecular Hbond substituents is 1. The second-order valence-electron chi connectivity index (χ2n) is 25.3. The molecule has 1 aliphatic rings. The smallest absolute Gasteiger partial charge is 0.305 e. The van der Waals surface area contributed by atoms with Gasteiger partial charge in [-0.3, -0.25) is 67.3 Å². The van der Waals surface area contributed by atoms with Crippen LogP contribution in [0, 0.1) is 5.92 Å². The molecule has 0 bridgehead atoms. The number of aliphatic carboxylic acids is 1. The maximum absolute atomic E-state index is 15.2. The van der Waals surface area contributed by atoms with Gasteiger partial charge in [0, 0.05) is 79.9 Å². The lowest BCUT2D eigenvalue weighted by atomic mass is 10.00. The first-order valence-electron chi connectivity index (χ1n) is 33.6. The maximum Gasteiger partial charge on any atom is 0.305 e. The van der Waals surface area contributed by atoms with Crippen LogP contribution >= 0.6 is 11.8 Å². The van der Waals surface area contributed by atoms with Crippen molar-refractivity contribution in [2.45, 2.75) is 127 Å². The van der Waals surface area contributed by atoms with E-state index in [1.165, 1.54) is 80.9 Å². The van der Waals surface area contributed by atoms with Crippen molar-refractivity contribution in [2.24, 2.45) is 22.4 Å². The van der Waals surface area contributed by atoms with Crippen LogP contribution in [0.15, 0.2) is 89.9 Å². The Balaban J connectivity index is 1.56. The Hall–Kier alpha value is -10.2. The van der Waals surface area contributed by atoms with Gasteiger partial charge in [0.2, 0.25) is 70.9 Å². The van der Waals surface area contributed by atoms with E-state index in [0.717, 1.165) is 14.7 Å². The van der Waals surface area contributed by atoms with Crippen molar-refractivity contribution in [3.63, 3.8) is 0 Å². The Morgan fingerprint density at radius 2 is 1.22 bits per heavy atom.